The van der Waals surface area contributed by atoms with Crippen molar-refractivity contribution in [1.29, 1.82) is 0 Å². The maximum atomic E-state index is 15.6. The first-order valence-corrected chi connectivity index (χ1v) is 14.2. The molecule has 1 aliphatic heterocycles. The van der Waals surface area contributed by atoms with Crippen LogP contribution in [-0.4, -0.2) is 67.9 Å². The maximum absolute atomic E-state index is 15.6. The van der Waals surface area contributed by atoms with E-state index < -0.39 is 35.4 Å². The summed E-state index contributed by atoms with van der Waals surface area (Å²) in [5.74, 6) is -1.58. The number of ether oxygens (including phenoxy) is 2. The number of carbonyl (C=O) groups is 3. The van der Waals surface area contributed by atoms with E-state index in [9.17, 15) is 19.5 Å². The fourth-order valence-corrected chi connectivity index (χ4v) is 5.60. The lowest BCUT2D eigenvalue weighted by Crippen LogP contribution is -2.49. The lowest BCUT2D eigenvalue weighted by atomic mass is 9.72. The number of aryl methyl sites for hydroxylation is 1. The highest BCUT2D eigenvalue weighted by Gasteiger charge is 2.43. The second kappa shape index (κ2) is 14.9. The molecule has 3 rings (SSSR count). The molecule has 1 fully saturated rings. The van der Waals surface area contributed by atoms with E-state index in [-0.39, 0.29) is 38.3 Å². The van der Waals surface area contributed by atoms with Crippen molar-refractivity contribution >= 4 is 18.0 Å². The van der Waals surface area contributed by atoms with Crippen LogP contribution in [0.3, 0.4) is 0 Å². The Hall–Kier alpha value is -3.50. The number of nitrogens with two attached hydrogens (primary N) is 1. The largest absolute Gasteiger partial charge is 0.468 e. The number of rotatable bonds is 12. The van der Waals surface area contributed by atoms with Gasteiger partial charge < -0.3 is 30.5 Å². The van der Waals surface area contributed by atoms with Crippen molar-refractivity contribution in [2.45, 2.75) is 63.5 Å². The Kier molecular flexibility index (Phi) is 11.7. The van der Waals surface area contributed by atoms with Gasteiger partial charge in [0, 0.05) is 37.5 Å². The molecule has 0 radical (unpaired) electrons. The van der Waals surface area contributed by atoms with E-state index in [1.807, 2.05) is 31.2 Å². The summed E-state index contributed by atoms with van der Waals surface area (Å²) in [6.45, 7) is 3.05. The van der Waals surface area contributed by atoms with Crippen molar-refractivity contribution < 1.29 is 33.4 Å². The first-order chi connectivity index (χ1) is 19.6. The van der Waals surface area contributed by atoms with Crippen molar-refractivity contribution in [1.82, 2.24) is 10.2 Å². The third-order valence-corrected chi connectivity index (χ3v) is 7.92. The lowest BCUT2D eigenvalue weighted by Gasteiger charge is -2.44. The van der Waals surface area contributed by atoms with Crippen molar-refractivity contribution in [2.24, 2.45) is 11.7 Å². The van der Waals surface area contributed by atoms with Crippen molar-refractivity contribution in [3.8, 4) is 11.1 Å². The third-order valence-electron chi connectivity index (χ3n) is 7.92. The predicted octanol–water partition coefficient (Wildman–Crippen LogP) is 3.90. The van der Waals surface area contributed by atoms with Crippen molar-refractivity contribution in [3.63, 3.8) is 0 Å². The van der Waals surface area contributed by atoms with Gasteiger partial charge in [0.1, 0.15) is 11.9 Å². The van der Waals surface area contributed by atoms with E-state index >= 15 is 4.39 Å². The first kappa shape index (κ1) is 32.0. The smallest absolute Gasteiger partial charge is 0.406 e. The summed E-state index contributed by atoms with van der Waals surface area (Å²) in [5, 5.41) is 15.2. The summed E-state index contributed by atoms with van der Waals surface area (Å²) < 4.78 is 24.9. The molecule has 0 aromatic heterocycles. The fraction of sp³-hybridized carbons (Fsp3) is 0.516. The molecule has 1 saturated heterocycles. The zero-order valence-electron chi connectivity index (χ0n) is 24.2. The number of esters is 1. The van der Waals surface area contributed by atoms with Crippen LogP contribution in [-0.2, 0) is 31.1 Å². The summed E-state index contributed by atoms with van der Waals surface area (Å²) in [5.41, 5.74) is 6.82. The number of halogens is 1. The molecule has 0 bridgehead atoms. The number of benzene rings is 2. The van der Waals surface area contributed by atoms with E-state index in [2.05, 4.69) is 14.8 Å². The fourth-order valence-electron chi connectivity index (χ4n) is 5.60. The minimum absolute atomic E-state index is 0.0689. The predicted molar refractivity (Wildman–Crippen MR) is 153 cm³/mol. The zero-order chi connectivity index (χ0) is 30.0. The molecule has 4 N–H and O–H groups in total. The number of nitrogens with one attached hydrogen (secondary N) is 1. The van der Waals surface area contributed by atoms with Crippen LogP contribution in [0, 0.1) is 11.7 Å². The minimum Gasteiger partial charge on any atom is -0.468 e. The summed E-state index contributed by atoms with van der Waals surface area (Å²) in [7, 11) is 2.53. The average molecular weight is 572 g/mol. The average Bonchev–Trinajstić information content (AvgIpc) is 3.00. The second-order valence-corrected chi connectivity index (χ2v) is 10.5. The molecule has 2 aromatic carbocycles. The van der Waals surface area contributed by atoms with Gasteiger partial charge in [-0.15, -0.1) is 0 Å². The van der Waals surface area contributed by atoms with Crippen LogP contribution in [0.25, 0.3) is 11.1 Å². The molecule has 224 valence electrons. The van der Waals surface area contributed by atoms with Crippen LogP contribution >= 0.6 is 0 Å². The van der Waals surface area contributed by atoms with Crippen LogP contribution in [0.2, 0.25) is 0 Å². The van der Waals surface area contributed by atoms with Gasteiger partial charge in [0.25, 0.3) is 0 Å². The standard InChI is InChI=1S/C31H42FN3O6/c1-4-21-9-5-10-22(19-21)28-24(12-6-13-25(28)32)31(39,16-8-17-34-30(38)41-3)23-11-7-18-35(20-23)27(36)15-14-26(33)29(37)40-2/h5-6,9-10,12-13,19,23,26,39H,4,7-8,11,14-18,20,33H2,1-3H3,(H,34,38)/t23-,26+,31+/m1/s1. The number of methoxy groups -OCH3 is 2. The number of likely N-dealkylation sites (tertiary alicyclic amines) is 1. The van der Waals surface area contributed by atoms with Gasteiger partial charge in [0.15, 0.2) is 0 Å². The number of carbonyl (C=O) groups excluding carboxylic acids is 3. The first-order valence-electron chi connectivity index (χ1n) is 14.2. The summed E-state index contributed by atoms with van der Waals surface area (Å²) in [6, 6.07) is 11.5. The number of hydrogen-bond donors (Lipinski definition) is 3. The van der Waals surface area contributed by atoms with E-state index in [0.29, 0.717) is 42.5 Å². The quantitative estimate of drug-likeness (QED) is 0.260. The number of hydrogen-bond acceptors (Lipinski definition) is 7. The Morgan fingerprint density at radius 1 is 1.20 bits per heavy atom. The molecular weight excluding hydrogens is 529 g/mol. The van der Waals surface area contributed by atoms with Gasteiger partial charge in [-0.05, 0) is 61.3 Å². The van der Waals surface area contributed by atoms with Gasteiger partial charge in [0.05, 0.1) is 19.8 Å². The van der Waals surface area contributed by atoms with Gasteiger partial charge in [-0.3, -0.25) is 9.59 Å². The zero-order valence-corrected chi connectivity index (χ0v) is 24.2. The number of alkyl carbamates (subject to hydrolysis) is 1. The highest BCUT2D eigenvalue weighted by Crippen LogP contribution is 2.44. The van der Waals surface area contributed by atoms with E-state index in [1.165, 1.54) is 20.3 Å². The van der Waals surface area contributed by atoms with Crippen molar-refractivity contribution in [3.05, 3.63) is 59.4 Å². The highest BCUT2D eigenvalue weighted by atomic mass is 19.1. The monoisotopic (exact) mass is 571 g/mol. The van der Waals surface area contributed by atoms with Crippen LogP contribution in [0.5, 0.6) is 0 Å². The molecule has 1 heterocycles. The van der Waals surface area contributed by atoms with Crippen LogP contribution in [0.4, 0.5) is 9.18 Å². The number of aliphatic hydroxyl groups is 1. The topological polar surface area (TPSA) is 131 Å². The molecule has 0 spiro atoms. The SMILES string of the molecule is CCc1cccc(-c2c(F)cccc2[C@](O)(CCCNC(=O)OC)[C@@H]2CCCN(C(=O)CC[C@H](N)C(=O)OC)C2)c1. The normalized spacial score (nSPS) is 17.3. The van der Waals surface area contributed by atoms with Crippen molar-refractivity contribution in [2.75, 3.05) is 33.9 Å². The molecule has 2 amide bonds. The van der Waals surface area contributed by atoms with Gasteiger partial charge in [-0.1, -0.05) is 43.3 Å². The molecular formula is C31H42FN3O6. The van der Waals surface area contributed by atoms with Gasteiger partial charge in [-0.2, -0.15) is 0 Å². The van der Waals surface area contributed by atoms with Gasteiger partial charge in [-0.25, -0.2) is 9.18 Å². The minimum atomic E-state index is -1.50. The molecule has 0 unspecified atom stereocenters. The molecule has 3 atom stereocenters. The van der Waals surface area contributed by atoms with Crippen LogP contribution < -0.4 is 11.1 Å². The Bertz CT molecular complexity index is 1210. The molecule has 41 heavy (non-hydrogen) atoms. The third kappa shape index (κ3) is 8.04. The number of nitrogens with zero attached hydrogens (tertiary/aromatic N) is 1. The number of amides is 2. The molecule has 1 aliphatic rings. The second-order valence-electron chi connectivity index (χ2n) is 10.5. The highest BCUT2D eigenvalue weighted by molar-refractivity contribution is 5.79. The maximum Gasteiger partial charge on any atom is 0.406 e. The molecule has 10 heteroatoms. The molecule has 0 saturated carbocycles. The Balaban J connectivity index is 1.94. The Morgan fingerprint density at radius 3 is 2.66 bits per heavy atom. The van der Waals surface area contributed by atoms with E-state index in [4.69, 9.17) is 5.73 Å². The molecule has 9 nitrogen and oxygen atoms in total. The van der Waals surface area contributed by atoms with E-state index in [0.717, 1.165) is 12.0 Å². The Morgan fingerprint density at radius 2 is 1.95 bits per heavy atom. The van der Waals surface area contributed by atoms with Crippen LogP contribution in [0.1, 0.15) is 56.6 Å². The lowest BCUT2D eigenvalue weighted by molar-refractivity contribution is -0.142. The van der Waals surface area contributed by atoms with E-state index in [1.54, 1.807) is 17.0 Å². The molecule has 2 aromatic rings. The summed E-state index contributed by atoms with van der Waals surface area (Å²) >= 11 is 0. The van der Waals surface area contributed by atoms with Gasteiger partial charge in [0.2, 0.25) is 5.91 Å². The molecule has 0 aliphatic carbocycles. The summed E-state index contributed by atoms with van der Waals surface area (Å²) in [6.07, 6.45) is 2.32. The van der Waals surface area contributed by atoms with Crippen LogP contribution in [0.15, 0.2) is 42.5 Å². The Labute approximate surface area is 241 Å². The summed E-state index contributed by atoms with van der Waals surface area (Å²) in [4.78, 5) is 38.1. The number of piperidine rings is 1. The van der Waals surface area contributed by atoms with Gasteiger partial charge >= 0.3 is 12.1 Å².